The Bertz CT molecular complexity index is 1020. The minimum absolute atomic E-state index is 0.0433. The molecule has 0 aliphatic carbocycles. The Morgan fingerprint density at radius 3 is 2.19 bits per heavy atom. The number of carbonyl (C=O) groups excluding carboxylic acids is 1. The lowest BCUT2D eigenvalue weighted by molar-refractivity contribution is 0.0950. The monoisotopic (exact) mass is 365 g/mol. The Balaban J connectivity index is 1.83. The maximum absolute atomic E-state index is 13.5. The van der Waals surface area contributed by atoms with Gasteiger partial charge in [0.05, 0.1) is 17.3 Å². The lowest BCUT2D eigenvalue weighted by Gasteiger charge is -2.04. The van der Waals surface area contributed by atoms with Crippen molar-refractivity contribution >= 4 is 23.0 Å². The molecular formula is C17H8F5N3O. The van der Waals surface area contributed by atoms with Crippen molar-refractivity contribution in [3.05, 3.63) is 76.7 Å². The zero-order valence-corrected chi connectivity index (χ0v) is 12.7. The Hall–Kier alpha value is -3.36. The quantitative estimate of drug-likeness (QED) is 0.253. The standard InChI is InChI=1S/C17H8F5N3O/c18-12-9(13(19)15(21)16(22)14(12)20)7-23-25-17(26)11-6-5-8-3-1-2-4-10(8)24-11/h1-7H,(H,25,26)/b23-7-. The predicted molar refractivity (Wildman–Crippen MR) is 83.0 cm³/mol. The number of aromatic nitrogens is 1. The Morgan fingerprint density at radius 2 is 1.50 bits per heavy atom. The van der Waals surface area contributed by atoms with Crippen molar-refractivity contribution in [2.24, 2.45) is 5.10 Å². The van der Waals surface area contributed by atoms with Gasteiger partial charge in [-0.2, -0.15) is 5.10 Å². The number of nitrogens with one attached hydrogen (secondary N) is 1. The fourth-order valence-electron chi connectivity index (χ4n) is 2.14. The summed E-state index contributed by atoms with van der Waals surface area (Å²) in [6, 6.07) is 9.99. The molecule has 2 aromatic carbocycles. The van der Waals surface area contributed by atoms with Gasteiger partial charge in [-0.15, -0.1) is 0 Å². The Kier molecular flexibility index (Phi) is 4.61. The number of para-hydroxylation sites is 1. The number of pyridine rings is 1. The van der Waals surface area contributed by atoms with Crippen molar-refractivity contribution in [1.29, 1.82) is 0 Å². The van der Waals surface area contributed by atoms with E-state index in [1.807, 2.05) is 5.43 Å². The molecule has 1 N–H and O–H groups in total. The van der Waals surface area contributed by atoms with Crippen LogP contribution in [0, 0.1) is 29.1 Å². The van der Waals surface area contributed by atoms with Crippen molar-refractivity contribution in [2.75, 3.05) is 0 Å². The van der Waals surface area contributed by atoms with Crippen LogP contribution in [0.15, 0.2) is 41.5 Å². The van der Waals surface area contributed by atoms with E-state index in [4.69, 9.17) is 0 Å². The highest BCUT2D eigenvalue weighted by Crippen LogP contribution is 2.21. The second-order valence-corrected chi connectivity index (χ2v) is 5.07. The number of hydrogen-bond donors (Lipinski definition) is 1. The lowest BCUT2D eigenvalue weighted by Crippen LogP contribution is -2.19. The maximum atomic E-state index is 13.5. The number of nitrogens with zero attached hydrogens (tertiary/aromatic N) is 2. The van der Waals surface area contributed by atoms with Crippen molar-refractivity contribution in [2.45, 2.75) is 0 Å². The topological polar surface area (TPSA) is 54.4 Å². The van der Waals surface area contributed by atoms with Gasteiger partial charge >= 0.3 is 0 Å². The normalized spacial score (nSPS) is 11.3. The van der Waals surface area contributed by atoms with E-state index < -0.39 is 40.6 Å². The van der Waals surface area contributed by atoms with Crippen LogP contribution >= 0.6 is 0 Å². The van der Waals surface area contributed by atoms with Crippen LogP contribution in [0.25, 0.3) is 10.9 Å². The van der Waals surface area contributed by atoms with Gasteiger partial charge in [-0.1, -0.05) is 24.3 Å². The van der Waals surface area contributed by atoms with E-state index in [0.29, 0.717) is 11.7 Å². The molecule has 0 spiro atoms. The minimum Gasteiger partial charge on any atom is -0.266 e. The van der Waals surface area contributed by atoms with Crippen LogP contribution in [0.1, 0.15) is 16.1 Å². The molecule has 132 valence electrons. The first kappa shape index (κ1) is 17.5. The van der Waals surface area contributed by atoms with Gasteiger partial charge in [-0.25, -0.2) is 32.4 Å². The second kappa shape index (κ2) is 6.87. The molecule has 0 unspecified atom stereocenters. The average molecular weight is 365 g/mol. The Morgan fingerprint density at radius 1 is 0.885 bits per heavy atom. The molecule has 4 nitrogen and oxygen atoms in total. The van der Waals surface area contributed by atoms with E-state index in [1.165, 1.54) is 6.07 Å². The fraction of sp³-hybridized carbons (Fsp3) is 0. The third-order valence-electron chi connectivity index (χ3n) is 3.43. The third kappa shape index (κ3) is 3.10. The molecule has 0 saturated heterocycles. The van der Waals surface area contributed by atoms with Gasteiger partial charge in [-0.05, 0) is 12.1 Å². The molecule has 1 heterocycles. The Labute approximate surface area is 143 Å². The third-order valence-corrected chi connectivity index (χ3v) is 3.43. The number of fused-ring (bicyclic) bond motifs is 1. The summed E-state index contributed by atoms with van der Waals surface area (Å²) in [5.74, 6) is -11.4. The molecule has 0 radical (unpaired) electrons. The van der Waals surface area contributed by atoms with Crippen LogP contribution < -0.4 is 5.43 Å². The predicted octanol–water partition coefficient (Wildman–Crippen LogP) is 3.69. The molecule has 0 fully saturated rings. The van der Waals surface area contributed by atoms with Crippen molar-refractivity contribution < 1.29 is 26.7 Å². The molecule has 0 saturated carbocycles. The van der Waals surface area contributed by atoms with E-state index in [1.54, 1.807) is 30.3 Å². The molecule has 0 bridgehead atoms. The summed E-state index contributed by atoms with van der Waals surface area (Å²) in [5.41, 5.74) is 1.13. The number of carbonyl (C=O) groups is 1. The summed E-state index contributed by atoms with van der Waals surface area (Å²) in [6.07, 6.45) is 0.329. The lowest BCUT2D eigenvalue weighted by atomic mass is 10.2. The smallest absolute Gasteiger partial charge is 0.266 e. The zero-order chi connectivity index (χ0) is 18.8. The van der Waals surface area contributed by atoms with Gasteiger partial charge in [0.15, 0.2) is 23.3 Å². The molecular weight excluding hydrogens is 357 g/mol. The molecule has 0 aliphatic heterocycles. The summed E-state index contributed by atoms with van der Waals surface area (Å²) in [4.78, 5) is 16.0. The number of rotatable bonds is 3. The molecule has 1 amide bonds. The first-order chi connectivity index (χ1) is 12.4. The molecule has 9 heteroatoms. The molecule has 3 rings (SSSR count). The van der Waals surface area contributed by atoms with Gasteiger partial charge in [0, 0.05) is 5.39 Å². The minimum atomic E-state index is -2.28. The average Bonchev–Trinajstić information content (AvgIpc) is 2.67. The number of hydrogen-bond acceptors (Lipinski definition) is 3. The van der Waals surface area contributed by atoms with Crippen LogP contribution in [-0.4, -0.2) is 17.1 Å². The van der Waals surface area contributed by atoms with E-state index in [0.717, 1.165) is 5.39 Å². The summed E-state index contributed by atoms with van der Waals surface area (Å²) < 4.78 is 66.1. The highest BCUT2D eigenvalue weighted by Gasteiger charge is 2.24. The molecule has 0 aliphatic rings. The van der Waals surface area contributed by atoms with E-state index >= 15 is 0 Å². The SMILES string of the molecule is O=C(N/N=C\c1c(F)c(F)c(F)c(F)c1F)c1ccc2ccccc2n1. The zero-order valence-electron chi connectivity index (χ0n) is 12.7. The highest BCUT2D eigenvalue weighted by atomic mass is 19.2. The first-order valence-electron chi connectivity index (χ1n) is 7.10. The summed E-state index contributed by atoms with van der Waals surface area (Å²) in [6.45, 7) is 0. The van der Waals surface area contributed by atoms with Gasteiger partial charge in [0.1, 0.15) is 5.69 Å². The van der Waals surface area contributed by atoms with Gasteiger partial charge in [0.2, 0.25) is 5.82 Å². The van der Waals surface area contributed by atoms with E-state index in [-0.39, 0.29) is 5.69 Å². The molecule has 1 aromatic heterocycles. The molecule has 3 aromatic rings. The maximum Gasteiger partial charge on any atom is 0.289 e. The van der Waals surface area contributed by atoms with Gasteiger partial charge in [-0.3, -0.25) is 4.79 Å². The molecule has 26 heavy (non-hydrogen) atoms. The number of hydrazone groups is 1. The first-order valence-corrected chi connectivity index (χ1v) is 7.10. The van der Waals surface area contributed by atoms with Crippen LogP contribution in [0.2, 0.25) is 0 Å². The fourth-order valence-corrected chi connectivity index (χ4v) is 2.14. The van der Waals surface area contributed by atoms with E-state index in [9.17, 15) is 26.7 Å². The van der Waals surface area contributed by atoms with Crippen LogP contribution in [0.3, 0.4) is 0 Å². The van der Waals surface area contributed by atoms with Crippen LogP contribution in [0.4, 0.5) is 22.0 Å². The van der Waals surface area contributed by atoms with Crippen molar-refractivity contribution in [3.63, 3.8) is 0 Å². The summed E-state index contributed by atoms with van der Waals surface area (Å²) >= 11 is 0. The van der Waals surface area contributed by atoms with Crippen LogP contribution in [0.5, 0.6) is 0 Å². The largest absolute Gasteiger partial charge is 0.289 e. The van der Waals surface area contributed by atoms with Crippen LogP contribution in [-0.2, 0) is 0 Å². The summed E-state index contributed by atoms with van der Waals surface area (Å²) in [7, 11) is 0. The summed E-state index contributed by atoms with van der Waals surface area (Å²) in [5, 5.41) is 4.02. The van der Waals surface area contributed by atoms with Crippen molar-refractivity contribution in [3.8, 4) is 0 Å². The second-order valence-electron chi connectivity index (χ2n) is 5.07. The molecule has 0 atom stereocenters. The number of benzene rings is 2. The van der Waals surface area contributed by atoms with Crippen molar-refractivity contribution in [1.82, 2.24) is 10.4 Å². The van der Waals surface area contributed by atoms with Gasteiger partial charge < -0.3 is 0 Å². The van der Waals surface area contributed by atoms with E-state index in [2.05, 4.69) is 10.1 Å². The number of halogens is 5. The number of amides is 1. The highest BCUT2D eigenvalue weighted by molar-refractivity contribution is 5.95. The van der Waals surface area contributed by atoms with Gasteiger partial charge in [0.25, 0.3) is 5.91 Å².